The molecule has 2 N–H and O–H groups in total. The Morgan fingerprint density at radius 1 is 1.50 bits per heavy atom. The second-order valence-electron chi connectivity index (χ2n) is 4.50. The lowest BCUT2D eigenvalue weighted by Gasteiger charge is -2.25. The summed E-state index contributed by atoms with van der Waals surface area (Å²) in [7, 11) is 0. The van der Waals surface area contributed by atoms with Crippen LogP contribution in [0.4, 0.5) is 4.79 Å². The number of nitrogens with one attached hydrogen (secondary N) is 1. The maximum absolute atomic E-state index is 12.1. The van der Waals surface area contributed by atoms with Gasteiger partial charge in [0.1, 0.15) is 6.04 Å². The Balaban J connectivity index is 1.97. The normalized spacial score (nSPS) is 21.8. The molecule has 2 atom stereocenters. The molecule has 2 rings (SSSR count). The summed E-state index contributed by atoms with van der Waals surface area (Å²) in [6.45, 7) is 3.88. The van der Waals surface area contributed by atoms with Crippen molar-refractivity contribution in [1.29, 1.82) is 0 Å². The molecule has 0 saturated carbocycles. The van der Waals surface area contributed by atoms with Gasteiger partial charge in [-0.2, -0.15) is 0 Å². The van der Waals surface area contributed by atoms with Gasteiger partial charge in [-0.3, -0.25) is 14.9 Å². The van der Waals surface area contributed by atoms with E-state index in [9.17, 15) is 9.59 Å². The minimum Gasteiger partial charge on any atom is -0.480 e. The summed E-state index contributed by atoms with van der Waals surface area (Å²) in [4.78, 5) is 32.8. The zero-order chi connectivity index (χ0) is 14.7. The number of rotatable bonds is 3. The predicted octanol–water partition coefficient (Wildman–Crippen LogP) is 0.843. The van der Waals surface area contributed by atoms with E-state index in [2.05, 4.69) is 15.3 Å². The number of aliphatic carboxylic acids is 1. The summed E-state index contributed by atoms with van der Waals surface area (Å²) in [6.07, 6.45) is 3.21. The highest BCUT2D eigenvalue weighted by Crippen LogP contribution is 2.28. The van der Waals surface area contributed by atoms with Gasteiger partial charge in [0.2, 0.25) is 0 Å². The zero-order valence-electron chi connectivity index (χ0n) is 11.2. The molecule has 2 unspecified atom stereocenters. The van der Waals surface area contributed by atoms with Crippen molar-refractivity contribution in [2.24, 2.45) is 0 Å². The Kier molecular flexibility index (Phi) is 4.43. The first kappa shape index (κ1) is 14.6. The number of carbonyl (C=O) groups excluding carboxylic acids is 1. The number of thioether (sulfide) groups is 1. The smallest absolute Gasteiger partial charge is 0.327 e. The highest BCUT2D eigenvalue weighted by Gasteiger charge is 2.39. The lowest BCUT2D eigenvalue weighted by Crippen LogP contribution is -2.49. The lowest BCUT2D eigenvalue weighted by molar-refractivity contribution is -0.141. The number of amides is 2. The van der Waals surface area contributed by atoms with Gasteiger partial charge in [0.25, 0.3) is 0 Å². The molecule has 0 aromatic carbocycles. The van der Waals surface area contributed by atoms with Crippen molar-refractivity contribution in [2.45, 2.75) is 31.8 Å². The zero-order valence-corrected chi connectivity index (χ0v) is 12.1. The summed E-state index contributed by atoms with van der Waals surface area (Å²) in [5.74, 6) is -0.569. The second-order valence-corrected chi connectivity index (χ2v) is 5.85. The van der Waals surface area contributed by atoms with E-state index in [0.717, 1.165) is 5.69 Å². The fraction of sp³-hybridized carbons (Fsp3) is 0.500. The number of hydrogen-bond donors (Lipinski definition) is 2. The topological polar surface area (TPSA) is 95.4 Å². The maximum atomic E-state index is 12.1. The Morgan fingerprint density at radius 2 is 2.25 bits per heavy atom. The van der Waals surface area contributed by atoms with Gasteiger partial charge in [-0.25, -0.2) is 9.59 Å². The minimum absolute atomic E-state index is 0.153. The number of nitrogens with zero attached hydrogens (tertiary/aromatic N) is 3. The quantitative estimate of drug-likeness (QED) is 0.858. The molecule has 1 aliphatic rings. The van der Waals surface area contributed by atoms with Crippen LogP contribution in [-0.2, 0) is 11.3 Å². The van der Waals surface area contributed by atoms with Gasteiger partial charge in [-0.05, 0) is 13.8 Å². The molecule has 1 saturated heterocycles. The highest BCUT2D eigenvalue weighted by atomic mass is 32.2. The summed E-state index contributed by atoms with van der Waals surface area (Å²) in [5.41, 5.74) is 1.44. The third-order valence-corrected chi connectivity index (χ3v) is 4.22. The number of hydrogen-bond acceptors (Lipinski definition) is 5. The molecule has 1 aromatic heterocycles. The van der Waals surface area contributed by atoms with Gasteiger partial charge in [-0.1, -0.05) is 0 Å². The molecule has 0 spiro atoms. The van der Waals surface area contributed by atoms with Crippen LogP contribution in [0.2, 0.25) is 0 Å². The molecule has 108 valence electrons. The monoisotopic (exact) mass is 296 g/mol. The van der Waals surface area contributed by atoms with Gasteiger partial charge in [0.05, 0.1) is 29.5 Å². The van der Waals surface area contributed by atoms with Crippen LogP contribution in [0.15, 0.2) is 12.4 Å². The third kappa shape index (κ3) is 3.19. The number of aryl methyl sites for hydroxylation is 1. The number of carboxylic acid groups (broad SMARTS) is 1. The van der Waals surface area contributed by atoms with Crippen LogP contribution in [-0.4, -0.2) is 49.1 Å². The van der Waals surface area contributed by atoms with Crippen LogP contribution in [0.25, 0.3) is 0 Å². The molecule has 0 radical (unpaired) electrons. The first-order valence-electron chi connectivity index (χ1n) is 6.17. The molecule has 1 aliphatic heterocycles. The van der Waals surface area contributed by atoms with E-state index in [1.807, 2.05) is 13.8 Å². The van der Waals surface area contributed by atoms with E-state index in [1.54, 1.807) is 12.4 Å². The fourth-order valence-electron chi connectivity index (χ4n) is 1.91. The summed E-state index contributed by atoms with van der Waals surface area (Å²) < 4.78 is 0. The van der Waals surface area contributed by atoms with Crippen molar-refractivity contribution in [3.05, 3.63) is 23.8 Å². The number of urea groups is 1. The molecule has 0 aliphatic carbocycles. The van der Waals surface area contributed by atoms with Gasteiger partial charge in [0.15, 0.2) is 0 Å². The van der Waals surface area contributed by atoms with Crippen molar-refractivity contribution in [1.82, 2.24) is 20.2 Å². The molecule has 7 nitrogen and oxygen atoms in total. The van der Waals surface area contributed by atoms with Crippen LogP contribution >= 0.6 is 11.8 Å². The van der Waals surface area contributed by atoms with E-state index in [4.69, 9.17) is 5.11 Å². The van der Waals surface area contributed by atoms with Crippen molar-refractivity contribution in [3.63, 3.8) is 0 Å². The first-order valence-corrected chi connectivity index (χ1v) is 7.22. The maximum Gasteiger partial charge on any atom is 0.327 e. The van der Waals surface area contributed by atoms with Gasteiger partial charge in [0, 0.05) is 11.9 Å². The van der Waals surface area contributed by atoms with E-state index >= 15 is 0 Å². The largest absolute Gasteiger partial charge is 0.480 e. The van der Waals surface area contributed by atoms with Crippen LogP contribution < -0.4 is 5.32 Å². The first-order chi connectivity index (χ1) is 9.49. The van der Waals surface area contributed by atoms with Crippen molar-refractivity contribution in [3.8, 4) is 0 Å². The van der Waals surface area contributed by atoms with Gasteiger partial charge in [-0.15, -0.1) is 11.8 Å². The Hall–Kier alpha value is -1.83. The number of carboxylic acids is 1. The van der Waals surface area contributed by atoms with Crippen LogP contribution in [0, 0.1) is 6.92 Å². The number of carbonyl (C=O) groups is 2. The SMILES string of the molecule is Cc1cnc(CNC(=O)N2C(C)SCC2C(=O)O)cn1. The van der Waals surface area contributed by atoms with Crippen molar-refractivity contribution < 1.29 is 14.7 Å². The Morgan fingerprint density at radius 3 is 2.85 bits per heavy atom. The molecule has 20 heavy (non-hydrogen) atoms. The van der Waals surface area contributed by atoms with E-state index in [-0.39, 0.29) is 11.9 Å². The van der Waals surface area contributed by atoms with E-state index in [1.165, 1.54) is 16.7 Å². The third-order valence-electron chi connectivity index (χ3n) is 3.00. The van der Waals surface area contributed by atoms with Crippen molar-refractivity contribution >= 4 is 23.8 Å². The summed E-state index contributed by atoms with van der Waals surface area (Å²) >= 11 is 1.45. The Bertz CT molecular complexity index is 508. The molecule has 2 heterocycles. The number of aromatic nitrogens is 2. The van der Waals surface area contributed by atoms with E-state index < -0.39 is 18.0 Å². The molecule has 1 fully saturated rings. The minimum atomic E-state index is -0.980. The van der Waals surface area contributed by atoms with Crippen LogP contribution in [0.3, 0.4) is 0 Å². The van der Waals surface area contributed by atoms with Gasteiger partial charge < -0.3 is 10.4 Å². The molecular formula is C12H16N4O3S. The van der Waals surface area contributed by atoms with Crippen LogP contribution in [0.1, 0.15) is 18.3 Å². The summed E-state index contributed by atoms with van der Waals surface area (Å²) in [6, 6.07) is -1.17. The van der Waals surface area contributed by atoms with Gasteiger partial charge >= 0.3 is 12.0 Å². The van der Waals surface area contributed by atoms with Crippen LogP contribution in [0.5, 0.6) is 0 Å². The van der Waals surface area contributed by atoms with E-state index in [0.29, 0.717) is 11.4 Å². The van der Waals surface area contributed by atoms with Crippen molar-refractivity contribution in [2.75, 3.05) is 5.75 Å². The standard InChI is InChI=1S/C12H16N4O3S/c1-7-3-14-9(4-13-7)5-15-12(19)16-8(2)20-6-10(16)11(17)18/h3-4,8,10H,5-6H2,1-2H3,(H,15,19)(H,17,18). The average Bonchev–Trinajstić information content (AvgIpc) is 2.80. The average molecular weight is 296 g/mol. The molecule has 0 bridgehead atoms. The molecule has 1 aromatic rings. The lowest BCUT2D eigenvalue weighted by atomic mass is 10.3. The molecule has 2 amide bonds. The molecular weight excluding hydrogens is 280 g/mol. The second kappa shape index (κ2) is 6.08. The Labute approximate surface area is 120 Å². The molecule has 8 heteroatoms. The summed E-state index contributed by atoms with van der Waals surface area (Å²) in [5, 5.41) is 11.6. The predicted molar refractivity (Wildman–Crippen MR) is 74.2 cm³/mol. The fourth-order valence-corrected chi connectivity index (χ4v) is 3.08. The highest BCUT2D eigenvalue weighted by molar-refractivity contribution is 8.00.